The molecule has 1 aromatic heterocycles. The Morgan fingerprint density at radius 3 is 2.33 bits per heavy atom. The quantitative estimate of drug-likeness (QED) is 0.796. The molecule has 0 bridgehead atoms. The van der Waals surface area contributed by atoms with Crippen molar-refractivity contribution in [1.29, 1.82) is 0 Å². The summed E-state index contributed by atoms with van der Waals surface area (Å²) in [4.78, 5) is 4.56. The molecule has 0 spiro atoms. The maximum atomic E-state index is 9.33. The van der Waals surface area contributed by atoms with Crippen LogP contribution in [0.4, 0.5) is 0 Å². The zero-order valence-electron chi connectivity index (χ0n) is 11.4. The largest absolute Gasteiger partial charge is 0.508 e. The van der Waals surface area contributed by atoms with Crippen LogP contribution in [0.3, 0.4) is 0 Å². The average Bonchev–Trinajstić information content (AvgIpc) is 3.20. The zero-order chi connectivity index (χ0) is 14.3. The normalized spacial score (nSPS) is 15.8. The molecule has 0 radical (unpaired) electrons. The highest BCUT2D eigenvalue weighted by Gasteiger charge is 2.50. The van der Waals surface area contributed by atoms with Gasteiger partial charge >= 0.3 is 0 Å². The highest BCUT2D eigenvalue weighted by Crippen LogP contribution is 2.52. The van der Waals surface area contributed by atoms with Crippen LogP contribution in [0.5, 0.6) is 5.75 Å². The lowest BCUT2D eigenvalue weighted by Gasteiger charge is -2.09. The van der Waals surface area contributed by atoms with Gasteiger partial charge in [-0.25, -0.2) is 0 Å². The zero-order valence-corrected chi connectivity index (χ0v) is 11.4. The summed E-state index contributed by atoms with van der Waals surface area (Å²) in [6.07, 6.45) is 2.07. The van der Waals surface area contributed by atoms with Crippen molar-refractivity contribution in [3.05, 3.63) is 66.1 Å². The van der Waals surface area contributed by atoms with Gasteiger partial charge in [0.1, 0.15) is 5.75 Å². The molecule has 1 aliphatic rings. The van der Waals surface area contributed by atoms with E-state index in [0.717, 1.165) is 18.4 Å². The molecule has 1 fully saturated rings. The summed E-state index contributed by atoms with van der Waals surface area (Å²) in [7, 11) is 0. The van der Waals surface area contributed by atoms with E-state index in [0.29, 0.717) is 11.7 Å². The first-order valence-electron chi connectivity index (χ1n) is 6.97. The molecule has 2 aromatic carbocycles. The van der Waals surface area contributed by atoms with Gasteiger partial charge in [-0.2, -0.15) is 4.98 Å². The second kappa shape index (κ2) is 4.45. The molecule has 1 heterocycles. The molecule has 4 nitrogen and oxygen atoms in total. The third-order valence-corrected chi connectivity index (χ3v) is 4.04. The third kappa shape index (κ3) is 2.00. The van der Waals surface area contributed by atoms with Crippen LogP contribution in [0.25, 0.3) is 11.4 Å². The van der Waals surface area contributed by atoms with Crippen molar-refractivity contribution < 1.29 is 9.63 Å². The number of phenols is 1. The Bertz CT molecular complexity index is 759. The molecule has 104 valence electrons. The Kier molecular flexibility index (Phi) is 2.57. The lowest BCUT2D eigenvalue weighted by molar-refractivity contribution is 0.360. The van der Waals surface area contributed by atoms with E-state index < -0.39 is 0 Å². The predicted molar refractivity (Wildman–Crippen MR) is 77.9 cm³/mol. The van der Waals surface area contributed by atoms with E-state index in [-0.39, 0.29) is 11.2 Å². The molecule has 0 amide bonds. The number of hydrogen-bond donors (Lipinski definition) is 1. The number of benzene rings is 2. The molecule has 4 heteroatoms. The molecule has 0 aliphatic heterocycles. The van der Waals surface area contributed by atoms with Crippen molar-refractivity contribution in [2.24, 2.45) is 0 Å². The predicted octanol–water partition coefficient (Wildman–Crippen LogP) is 3.52. The van der Waals surface area contributed by atoms with Crippen LogP contribution in [0.15, 0.2) is 59.1 Å². The minimum absolute atomic E-state index is 0.108. The summed E-state index contributed by atoms with van der Waals surface area (Å²) >= 11 is 0. The standard InChI is InChI=1S/C17H14N2O2/c20-14-8-6-12(7-9-14)15-18-16(21-19-15)17(10-11-17)13-4-2-1-3-5-13/h1-9,20H,10-11H2. The minimum atomic E-state index is -0.108. The summed E-state index contributed by atoms with van der Waals surface area (Å²) in [6, 6.07) is 17.1. The van der Waals surface area contributed by atoms with E-state index in [1.807, 2.05) is 18.2 Å². The van der Waals surface area contributed by atoms with Crippen LogP contribution in [-0.4, -0.2) is 15.2 Å². The molecule has 4 rings (SSSR count). The van der Waals surface area contributed by atoms with Crippen molar-refractivity contribution in [1.82, 2.24) is 10.1 Å². The van der Waals surface area contributed by atoms with Crippen molar-refractivity contribution in [3.8, 4) is 17.1 Å². The second-order valence-electron chi connectivity index (χ2n) is 5.42. The number of hydrogen-bond acceptors (Lipinski definition) is 4. The average molecular weight is 278 g/mol. The first-order chi connectivity index (χ1) is 10.3. The van der Waals surface area contributed by atoms with Gasteiger partial charge in [-0.1, -0.05) is 35.5 Å². The van der Waals surface area contributed by atoms with Crippen LogP contribution in [0.1, 0.15) is 24.3 Å². The molecule has 21 heavy (non-hydrogen) atoms. The Hall–Kier alpha value is -2.62. The van der Waals surface area contributed by atoms with Crippen LogP contribution in [-0.2, 0) is 5.41 Å². The summed E-state index contributed by atoms with van der Waals surface area (Å²) in [5, 5.41) is 13.4. The van der Waals surface area contributed by atoms with Crippen molar-refractivity contribution in [3.63, 3.8) is 0 Å². The Balaban J connectivity index is 1.70. The van der Waals surface area contributed by atoms with E-state index in [2.05, 4.69) is 22.3 Å². The van der Waals surface area contributed by atoms with Gasteiger partial charge in [-0.3, -0.25) is 0 Å². The van der Waals surface area contributed by atoms with E-state index in [1.165, 1.54) is 5.56 Å². The third-order valence-electron chi connectivity index (χ3n) is 4.04. The Morgan fingerprint density at radius 1 is 0.952 bits per heavy atom. The minimum Gasteiger partial charge on any atom is -0.508 e. The van der Waals surface area contributed by atoms with Crippen molar-refractivity contribution in [2.45, 2.75) is 18.3 Å². The number of nitrogens with zero attached hydrogens (tertiary/aromatic N) is 2. The highest BCUT2D eigenvalue weighted by atomic mass is 16.5. The van der Waals surface area contributed by atoms with Crippen LogP contribution in [0, 0.1) is 0 Å². The fourth-order valence-electron chi connectivity index (χ4n) is 2.65. The van der Waals surface area contributed by atoms with Crippen LogP contribution >= 0.6 is 0 Å². The molecule has 3 aromatic rings. The van der Waals surface area contributed by atoms with E-state index >= 15 is 0 Å². The molecule has 0 saturated heterocycles. The van der Waals surface area contributed by atoms with Gasteiger partial charge in [0.25, 0.3) is 0 Å². The maximum absolute atomic E-state index is 9.33. The van der Waals surface area contributed by atoms with Gasteiger partial charge in [0.05, 0.1) is 5.41 Å². The van der Waals surface area contributed by atoms with Gasteiger partial charge in [0.2, 0.25) is 11.7 Å². The van der Waals surface area contributed by atoms with Gasteiger partial charge in [0.15, 0.2) is 0 Å². The second-order valence-corrected chi connectivity index (χ2v) is 5.42. The van der Waals surface area contributed by atoms with Crippen molar-refractivity contribution >= 4 is 0 Å². The molecule has 1 saturated carbocycles. The first-order valence-corrected chi connectivity index (χ1v) is 6.97. The number of phenolic OH excluding ortho intramolecular Hbond substituents is 1. The summed E-state index contributed by atoms with van der Waals surface area (Å²) < 4.78 is 5.51. The lowest BCUT2D eigenvalue weighted by atomic mass is 9.96. The van der Waals surface area contributed by atoms with Gasteiger partial charge in [-0.15, -0.1) is 0 Å². The van der Waals surface area contributed by atoms with Gasteiger partial charge < -0.3 is 9.63 Å². The number of aromatic hydroxyl groups is 1. The summed E-state index contributed by atoms with van der Waals surface area (Å²) in [5.74, 6) is 1.47. The molecule has 0 unspecified atom stereocenters. The Labute approximate surface area is 122 Å². The van der Waals surface area contributed by atoms with Crippen molar-refractivity contribution in [2.75, 3.05) is 0 Å². The maximum Gasteiger partial charge on any atom is 0.237 e. The SMILES string of the molecule is Oc1ccc(-c2noc(C3(c4ccccc4)CC3)n2)cc1. The first kappa shape index (κ1) is 12.1. The molecule has 1 aliphatic carbocycles. The number of rotatable bonds is 3. The molecular formula is C17H14N2O2. The topological polar surface area (TPSA) is 59.2 Å². The molecule has 1 N–H and O–H groups in total. The summed E-state index contributed by atoms with van der Waals surface area (Å²) in [6.45, 7) is 0. The van der Waals surface area contributed by atoms with E-state index in [1.54, 1.807) is 24.3 Å². The fraction of sp³-hybridized carbons (Fsp3) is 0.176. The molecule has 0 atom stereocenters. The smallest absolute Gasteiger partial charge is 0.237 e. The Morgan fingerprint density at radius 2 is 1.67 bits per heavy atom. The molecular weight excluding hydrogens is 264 g/mol. The number of aromatic nitrogens is 2. The summed E-state index contributed by atoms with van der Waals surface area (Å²) in [5.41, 5.74) is 1.96. The highest BCUT2D eigenvalue weighted by molar-refractivity contribution is 5.56. The van der Waals surface area contributed by atoms with E-state index in [4.69, 9.17) is 4.52 Å². The fourth-order valence-corrected chi connectivity index (χ4v) is 2.65. The van der Waals surface area contributed by atoms with Gasteiger partial charge in [0, 0.05) is 5.56 Å². The lowest BCUT2D eigenvalue weighted by Crippen LogP contribution is -2.08. The van der Waals surface area contributed by atoms with Crippen LogP contribution in [0.2, 0.25) is 0 Å². The van der Waals surface area contributed by atoms with Crippen LogP contribution < -0.4 is 0 Å². The monoisotopic (exact) mass is 278 g/mol. The van der Waals surface area contributed by atoms with E-state index in [9.17, 15) is 5.11 Å². The van der Waals surface area contributed by atoms with Gasteiger partial charge in [-0.05, 0) is 42.7 Å².